The number of fused-ring (bicyclic) bond motifs is 1. The number of carbonyl (C=O) groups excluding carboxylic acids is 3. The minimum Gasteiger partial charge on any atom is -0.331 e. The van der Waals surface area contributed by atoms with Crippen LogP contribution in [0.5, 0.6) is 0 Å². The van der Waals surface area contributed by atoms with Gasteiger partial charge in [-0.25, -0.2) is 0 Å². The van der Waals surface area contributed by atoms with Gasteiger partial charge in [-0.15, -0.1) is 0 Å². The van der Waals surface area contributed by atoms with Crippen molar-refractivity contribution in [3.05, 3.63) is 41.6 Å². The summed E-state index contributed by atoms with van der Waals surface area (Å²) in [5.41, 5.74) is 2.21. The van der Waals surface area contributed by atoms with Crippen LogP contribution in [0.25, 0.3) is 10.9 Å². The highest BCUT2D eigenvalue weighted by molar-refractivity contribution is 14.1. The lowest BCUT2D eigenvalue weighted by Crippen LogP contribution is -2.51. The second-order valence-electron chi connectivity index (χ2n) is 8.95. The van der Waals surface area contributed by atoms with Gasteiger partial charge in [0.25, 0.3) is 0 Å². The van der Waals surface area contributed by atoms with Crippen LogP contribution in [0.15, 0.2) is 35.3 Å². The summed E-state index contributed by atoms with van der Waals surface area (Å²) in [6.45, 7) is 6.15. The van der Waals surface area contributed by atoms with Gasteiger partial charge in [0.05, 0.1) is 9.44 Å². The summed E-state index contributed by atoms with van der Waals surface area (Å²) in [5, 5.41) is 8.20. The summed E-state index contributed by atoms with van der Waals surface area (Å²) in [6.07, 6.45) is 4.81. The zero-order chi connectivity index (χ0) is 24.6. The number of dihydropyridines is 1. The first-order valence-electron chi connectivity index (χ1n) is 11.3. The fraction of sp³-hybridized carbons (Fsp3) is 0.458. The molecule has 0 bridgehead atoms. The van der Waals surface area contributed by atoms with E-state index in [0.29, 0.717) is 29.2 Å². The summed E-state index contributed by atoms with van der Waals surface area (Å²) in [7, 11) is 0. The molecule has 1 aromatic carbocycles. The second kappa shape index (κ2) is 10.3. The van der Waals surface area contributed by atoms with Gasteiger partial charge in [0.2, 0.25) is 11.8 Å². The van der Waals surface area contributed by atoms with E-state index in [0.717, 1.165) is 22.9 Å². The Kier molecular flexibility index (Phi) is 7.56. The van der Waals surface area contributed by atoms with Gasteiger partial charge in [-0.3, -0.25) is 24.1 Å². The monoisotopic (exact) mass is 639 g/mol. The van der Waals surface area contributed by atoms with Gasteiger partial charge in [-0.1, -0.05) is 48.6 Å². The summed E-state index contributed by atoms with van der Waals surface area (Å²) < 4.78 is 2.29. The molecule has 1 N–H and O–H groups in total. The van der Waals surface area contributed by atoms with Crippen molar-refractivity contribution in [2.45, 2.75) is 62.2 Å². The molecule has 3 heterocycles. The van der Waals surface area contributed by atoms with Crippen molar-refractivity contribution in [1.29, 1.82) is 0 Å². The maximum absolute atomic E-state index is 13.3. The smallest absolute Gasteiger partial charge is 0.245 e. The zero-order valence-electron chi connectivity index (χ0n) is 19.3. The van der Waals surface area contributed by atoms with Gasteiger partial charge in [-0.05, 0) is 58.5 Å². The van der Waals surface area contributed by atoms with Crippen molar-refractivity contribution < 1.29 is 14.4 Å². The predicted molar refractivity (Wildman–Crippen MR) is 144 cm³/mol. The van der Waals surface area contributed by atoms with E-state index in [2.05, 4.69) is 67.8 Å². The van der Waals surface area contributed by atoms with Crippen LogP contribution in [-0.4, -0.2) is 59.6 Å². The van der Waals surface area contributed by atoms with E-state index in [1.54, 1.807) is 9.58 Å². The molecule has 0 spiro atoms. The Hall–Kier alpha value is -2.08. The lowest BCUT2D eigenvalue weighted by molar-refractivity contribution is -0.139. The topological polar surface area (TPSA) is 96.7 Å². The molecule has 8 nitrogen and oxygen atoms in total. The maximum atomic E-state index is 13.3. The quantitative estimate of drug-likeness (QED) is 0.294. The lowest BCUT2D eigenvalue weighted by atomic mass is 10.0. The van der Waals surface area contributed by atoms with Crippen LogP contribution in [0.3, 0.4) is 0 Å². The van der Waals surface area contributed by atoms with Crippen LogP contribution < -0.4 is 5.32 Å². The minimum atomic E-state index is -0.544. The molecule has 2 amide bonds. The number of hydrogen-bond acceptors (Lipinski definition) is 5. The third kappa shape index (κ3) is 5.12. The molecule has 2 unspecified atom stereocenters. The van der Waals surface area contributed by atoms with Crippen molar-refractivity contribution >= 4 is 71.6 Å². The molecule has 4 rings (SSSR count). The Balaban J connectivity index is 1.53. The molecule has 2 aromatic rings. The third-order valence-electron chi connectivity index (χ3n) is 6.21. The lowest BCUT2D eigenvalue weighted by Gasteiger charge is -2.27. The number of nitrogens with one attached hydrogen (secondary N) is 1. The molecule has 34 heavy (non-hydrogen) atoms. The number of halogens is 2. The molecular formula is C24H27BrIN5O3. The van der Waals surface area contributed by atoms with E-state index in [1.165, 1.54) is 6.92 Å². The minimum absolute atomic E-state index is 0.0284. The van der Waals surface area contributed by atoms with Crippen LogP contribution in [0.1, 0.15) is 55.6 Å². The Bertz CT molecular complexity index is 1200. The standard InChI is InChI=1S/C24H27BrIN5O3/c1-13(2)15-6-8-18-16(11-15)22(14(3)32)29-31(18)12-21(33)30-10-4-5-19(30)24(34)28-23-17(26)7-9-20(25)27-23/h6-9,11,13,17,19,23H,4-5,10,12H2,1-3H3,(H,28,34)/t17?,19-,23?/m0/s1. The number of hydrogen-bond donors (Lipinski definition) is 1. The van der Waals surface area contributed by atoms with E-state index in [1.807, 2.05) is 30.4 Å². The molecule has 3 atom stereocenters. The summed E-state index contributed by atoms with van der Waals surface area (Å²) in [6, 6.07) is 5.36. The van der Waals surface area contributed by atoms with Crippen molar-refractivity contribution in [2.24, 2.45) is 4.99 Å². The van der Waals surface area contributed by atoms with Gasteiger partial charge in [0.15, 0.2) is 5.78 Å². The Morgan fingerprint density at radius 2 is 2.06 bits per heavy atom. The highest BCUT2D eigenvalue weighted by atomic mass is 127. The van der Waals surface area contributed by atoms with Crippen LogP contribution in [0, 0.1) is 0 Å². The number of nitrogens with zero attached hydrogens (tertiary/aromatic N) is 4. The number of amides is 2. The van der Waals surface area contributed by atoms with Crippen molar-refractivity contribution in [1.82, 2.24) is 20.0 Å². The fourth-order valence-electron chi connectivity index (χ4n) is 4.37. The van der Waals surface area contributed by atoms with Gasteiger partial charge in [0, 0.05) is 18.9 Å². The van der Waals surface area contributed by atoms with Crippen LogP contribution in [0.2, 0.25) is 0 Å². The number of benzene rings is 1. The molecule has 0 saturated carbocycles. The van der Waals surface area contributed by atoms with Crippen molar-refractivity contribution in [3.63, 3.8) is 0 Å². The fourth-order valence-corrected chi connectivity index (χ4v) is 5.29. The Labute approximate surface area is 220 Å². The highest BCUT2D eigenvalue weighted by Crippen LogP contribution is 2.26. The number of aromatic nitrogens is 2. The summed E-state index contributed by atoms with van der Waals surface area (Å²) >= 11 is 5.59. The molecule has 0 aliphatic carbocycles. The molecule has 2 aliphatic heterocycles. The average Bonchev–Trinajstić information content (AvgIpc) is 3.41. The number of Topliss-reactive ketones (excluding diaryl/α,β-unsaturated/α-hetero) is 1. The number of likely N-dealkylation sites (tertiary alicyclic amines) is 1. The van der Waals surface area contributed by atoms with Gasteiger partial charge >= 0.3 is 0 Å². The number of carbonyl (C=O) groups is 3. The largest absolute Gasteiger partial charge is 0.331 e. The molecule has 180 valence electrons. The van der Waals surface area contributed by atoms with Crippen LogP contribution >= 0.6 is 38.5 Å². The van der Waals surface area contributed by atoms with Crippen molar-refractivity contribution in [2.75, 3.05) is 6.54 Å². The second-order valence-corrected chi connectivity index (χ2v) is 11.2. The van der Waals surface area contributed by atoms with Crippen molar-refractivity contribution in [3.8, 4) is 0 Å². The van der Waals surface area contributed by atoms with E-state index in [4.69, 9.17) is 0 Å². The molecule has 2 aliphatic rings. The molecule has 1 saturated heterocycles. The van der Waals surface area contributed by atoms with Gasteiger partial charge in [0.1, 0.15) is 29.1 Å². The predicted octanol–water partition coefficient (Wildman–Crippen LogP) is 3.96. The van der Waals surface area contributed by atoms with E-state index < -0.39 is 6.04 Å². The normalized spacial score (nSPS) is 22.4. The molecule has 1 fully saturated rings. The Morgan fingerprint density at radius 1 is 1.29 bits per heavy atom. The van der Waals surface area contributed by atoms with Crippen LogP contribution in [0.4, 0.5) is 0 Å². The molecule has 10 heteroatoms. The molecule has 0 radical (unpaired) electrons. The first-order valence-corrected chi connectivity index (χ1v) is 13.4. The van der Waals surface area contributed by atoms with E-state index >= 15 is 0 Å². The number of allylic oxidation sites excluding steroid dienone is 1. The number of ketones is 1. The number of alkyl halides is 1. The van der Waals surface area contributed by atoms with Gasteiger partial charge < -0.3 is 10.2 Å². The number of rotatable bonds is 6. The first-order chi connectivity index (χ1) is 16.2. The highest BCUT2D eigenvalue weighted by Gasteiger charge is 2.36. The first kappa shape index (κ1) is 25.0. The molecule has 1 aromatic heterocycles. The maximum Gasteiger partial charge on any atom is 0.245 e. The van der Waals surface area contributed by atoms with E-state index in [9.17, 15) is 14.4 Å². The Morgan fingerprint density at radius 3 is 2.76 bits per heavy atom. The third-order valence-corrected chi connectivity index (χ3v) is 7.77. The van der Waals surface area contributed by atoms with E-state index in [-0.39, 0.29) is 34.2 Å². The van der Waals surface area contributed by atoms with Gasteiger partial charge in [-0.2, -0.15) is 5.10 Å². The zero-order valence-corrected chi connectivity index (χ0v) is 23.0. The SMILES string of the molecule is CC(=O)c1nn(CC(=O)N2CCC[C@H]2C(=O)NC2N=C(Br)C=CC2I)c2ccc(C(C)C)cc12. The molecular weight excluding hydrogens is 613 g/mol. The summed E-state index contributed by atoms with van der Waals surface area (Å²) in [4.78, 5) is 44.6. The number of aliphatic imine (C=N–C) groups is 1. The average molecular weight is 640 g/mol. The summed E-state index contributed by atoms with van der Waals surface area (Å²) in [5.74, 6) is -0.223. The van der Waals surface area contributed by atoms with Crippen LogP contribution in [-0.2, 0) is 16.1 Å².